The van der Waals surface area contributed by atoms with E-state index in [2.05, 4.69) is 20.8 Å². The molecule has 0 amide bonds. The lowest BCUT2D eigenvalue weighted by atomic mass is 9.74. The van der Waals surface area contributed by atoms with Crippen LogP contribution in [-0.4, -0.2) is 11.2 Å². The molecule has 0 heterocycles. The van der Waals surface area contributed by atoms with Crippen molar-refractivity contribution < 1.29 is 5.11 Å². The molecule has 0 radical (unpaired) electrons. The zero-order chi connectivity index (χ0) is 8.98. The molecule has 3 atom stereocenters. The van der Waals surface area contributed by atoms with Crippen LogP contribution in [0.25, 0.3) is 0 Å². The van der Waals surface area contributed by atoms with Gasteiger partial charge in [0, 0.05) is 0 Å². The molecule has 2 aliphatic rings. The standard InChI is InChI=1S/C11H20O/c1-8(2)11-5-4-10(3,7-11)9(12)6-11/h8-9,12H,4-7H2,1-3H3. The average Bonchev–Trinajstić information content (AvgIpc) is 2.41. The molecule has 0 saturated heterocycles. The minimum Gasteiger partial charge on any atom is -0.393 e. The lowest BCUT2D eigenvalue weighted by Gasteiger charge is -2.33. The first-order chi connectivity index (χ1) is 5.49. The van der Waals surface area contributed by atoms with Gasteiger partial charge in [0.1, 0.15) is 0 Å². The predicted octanol–water partition coefficient (Wildman–Crippen LogP) is 2.58. The Morgan fingerprint density at radius 3 is 2.25 bits per heavy atom. The summed E-state index contributed by atoms with van der Waals surface area (Å²) < 4.78 is 0. The zero-order valence-electron chi connectivity index (χ0n) is 8.43. The number of rotatable bonds is 1. The average molecular weight is 168 g/mol. The molecule has 2 aliphatic carbocycles. The Labute approximate surface area is 75.2 Å². The van der Waals surface area contributed by atoms with Crippen LogP contribution in [0.4, 0.5) is 0 Å². The van der Waals surface area contributed by atoms with Gasteiger partial charge in [0.15, 0.2) is 0 Å². The van der Waals surface area contributed by atoms with E-state index in [1.165, 1.54) is 19.3 Å². The Bertz CT molecular complexity index is 199. The van der Waals surface area contributed by atoms with Crippen LogP contribution in [0.1, 0.15) is 46.5 Å². The van der Waals surface area contributed by atoms with Gasteiger partial charge in [0.05, 0.1) is 6.10 Å². The third kappa shape index (κ3) is 0.891. The molecule has 3 unspecified atom stereocenters. The lowest BCUT2D eigenvalue weighted by molar-refractivity contribution is 0.0379. The SMILES string of the molecule is CC(C)C12CCC(C)(C1)C(O)C2. The van der Waals surface area contributed by atoms with Gasteiger partial charge in [-0.25, -0.2) is 0 Å². The second-order valence-corrected chi connectivity index (χ2v) is 5.57. The molecule has 0 aromatic carbocycles. The predicted molar refractivity (Wildman–Crippen MR) is 49.9 cm³/mol. The fourth-order valence-corrected chi connectivity index (χ4v) is 3.33. The van der Waals surface area contributed by atoms with E-state index in [1.807, 2.05) is 0 Å². The molecule has 2 saturated carbocycles. The van der Waals surface area contributed by atoms with Crippen molar-refractivity contribution in [3.8, 4) is 0 Å². The molecule has 1 nitrogen and oxygen atoms in total. The second kappa shape index (κ2) is 2.25. The molecule has 2 bridgehead atoms. The minimum atomic E-state index is -0.0198. The van der Waals surface area contributed by atoms with Gasteiger partial charge in [-0.3, -0.25) is 0 Å². The van der Waals surface area contributed by atoms with Crippen molar-refractivity contribution in [1.29, 1.82) is 0 Å². The van der Waals surface area contributed by atoms with Crippen molar-refractivity contribution in [2.75, 3.05) is 0 Å². The Kier molecular flexibility index (Phi) is 1.61. The quantitative estimate of drug-likeness (QED) is 0.638. The van der Waals surface area contributed by atoms with Crippen molar-refractivity contribution in [2.45, 2.75) is 52.6 Å². The maximum Gasteiger partial charge on any atom is 0.0599 e. The van der Waals surface area contributed by atoms with Crippen molar-refractivity contribution in [2.24, 2.45) is 16.7 Å². The lowest BCUT2D eigenvalue weighted by Crippen LogP contribution is -2.29. The van der Waals surface area contributed by atoms with Gasteiger partial charge in [-0.2, -0.15) is 0 Å². The molecule has 0 aliphatic heterocycles. The van der Waals surface area contributed by atoms with E-state index in [1.54, 1.807) is 0 Å². The van der Waals surface area contributed by atoms with Gasteiger partial charge in [0.25, 0.3) is 0 Å². The van der Waals surface area contributed by atoms with Crippen molar-refractivity contribution in [1.82, 2.24) is 0 Å². The topological polar surface area (TPSA) is 20.2 Å². The Morgan fingerprint density at radius 2 is 2.00 bits per heavy atom. The van der Waals surface area contributed by atoms with Gasteiger partial charge in [-0.1, -0.05) is 20.8 Å². The molecule has 12 heavy (non-hydrogen) atoms. The number of aliphatic hydroxyl groups excluding tert-OH is 1. The largest absolute Gasteiger partial charge is 0.393 e. The molecule has 1 N–H and O–H groups in total. The Balaban J connectivity index is 2.25. The van der Waals surface area contributed by atoms with Gasteiger partial charge >= 0.3 is 0 Å². The molecule has 0 spiro atoms. The fourth-order valence-electron chi connectivity index (χ4n) is 3.33. The Morgan fingerprint density at radius 1 is 1.33 bits per heavy atom. The van der Waals surface area contributed by atoms with E-state index in [0.717, 1.165) is 12.3 Å². The monoisotopic (exact) mass is 168 g/mol. The summed E-state index contributed by atoms with van der Waals surface area (Å²) in [7, 11) is 0. The van der Waals surface area contributed by atoms with Crippen LogP contribution in [0.5, 0.6) is 0 Å². The summed E-state index contributed by atoms with van der Waals surface area (Å²) in [6.07, 6.45) is 4.89. The van der Waals surface area contributed by atoms with Gasteiger partial charge < -0.3 is 5.11 Å². The summed E-state index contributed by atoms with van der Waals surface area (Å²) in [5, 5.41) is 9.89. The maximum atomic E-state index is 9.89. The zero-order valence-corrected chi connectivity index (χ0v) is 8.43. The van der Waals surface area contributed by atoms with Crippen molar-refractivity contribution >= 4 is 0 Å². The first kappa shape index (κ1) is 8.55. The molecule has 2 rings (SSSR count). The summed E-state index contributed by atoms with van der Waals surface area (Å²) in [5.41, 5.74) is 0.762. The summed E-state index contributed by atoms with van der Waals surface area (Å²) in [5.74, 6) is 0.747. The summed E-state index contributed by atoms with van der Waals surface area (Å²) in [6.45, 7) is 6.88. The highest BCUT2D eigenvalue weighted by molar-refractivity contribution is 5.08. The van der Waals surface area contributed by atoms with Crippen LogP contribution >= 0.6 is 0 Å². The smallest absolute Gasteiger partial charge is 0.0599 e. The first-order valence-corrected chi connectivity index (χ1v) is 5.17. The summed E-state index contributed by atoms with van der Waals surface area (Å²) in [6, 6.07) is 0. The molecule has 0 aromatic heterocycles. The molecule has 0 aromatic rings. The van der Waals surface area contributed by atoms with Gasteiger partial charge in [-0.15, -0.1) is 0 Å². The fraction of sp³-hybridized carbons (Fsp3) is 1.00. The number of hydrogen-bond acceptors (Lipinski definition) is 1. The van der Waals surface area contributed by atoms with Crippen molar-refractivity contribution in [3.63, 3.8) is 0 Å². The van der Waals surface area contributed by atoms with E-state index in [9.17, 15) is 5.11 Å². The van der Waals surface area contributed by atoms with E-state index in [-0.39, 0.29) is 11.5 Å². The summed E-state index contributed by atoms with van der Waals surface area (Å²) in [4.78, 5) is 0. The Hall–Kier alpha value is -0.0400. The molecular weight excluding hydrogens is 148 g/mol. The van der Waals surface area contributed by atoms with Crippen molar-refractivity contribution in [3.05, 3.63) is 0 Å². The van der Waals surface area contributed by atoms with Crippen LogP contribution < -0.4 is 0 Å². The van der Waals surface area contributed by atoms with Crippen LogP contribution in [0.3, 0.4) is 0 Å². The van der Waals surface area contributed by atoms with Crippen LogP contribution in [-0.2, 0) is 0 Å². The highest BCUT2D eigenvalue weighted by Gasteiger charge is 2.57. The van der Waals surface area contributed by atoms with Crippen LogP contribution in [0.15, 0.2) is 0 Å². The highest BCUT2D eigenvalue weighted by Crippen LogP contribution is 2.64. The minimum absolute atomic E-state index is 0.0198. The van der Waals surface area contributed by atoms with Gasteiger partial charge in [-0.05, 0) is 42.4 Å². The summed E-state index contributed by atoms with van der Waals surface area (Å²) >= 11 is 0. The first-order valence-electron chi connectivity index (χ1n) is 5.17. The molecule has 1 heteroatoms. The third-order valence-corrected chi connectivity index (χ3v) is 4.58. The van der Waals surface area contributed by atoms with E-state index >= 15 is 0 Å². The highest BCUT2D eigenvalue weighted by atomic mass is 16.3. The molecule has 70 valence electrons. The van der Waals surface area contributed by atoms with E-state index in [0.29, 0.717) is 5.41 Å². The second-order valence-electron chi connectivity index (χ2n) is 5.57. The van der Waals surface area contributed by atoms with Crippen LogP contribution in [0, 0.1) is 16.7 Å². The van der Waals surface area contributed by atoms with E-state index < -0.39 is 0 Å². The molecular formula is C11H20O. The van der Waals surface area contributed by atoms with E-state index in [4.69, 9.17) is 0 Å². The van der Waals surface area contributed by atoms with Crippen LogP contribution in [0.2, 0.25) is 0 Å². The third-order valence-electron chi connectivity index (χ3n) is 4.58. The number of hydrogen-bond donors (Lipinski definition) is 1. The normalized spacial score (nSPS) is 52.2. The number of aliphatic hydroxyl groups is 1. The molecule has 2 fully saturated rings. The maximum absolute atomic E-state index is 9.89. The number of fused-ring (bicyclic) bond motifs is 2. The van der Waals surface area contributed by atoms with Gasteiger partial charge in [0.2, 0.25) is 0 Å².